The molecule has 0 saturated heterocycles. The molecule has 4 aromatic carbocycles. The predicted molar refractivity (Wildman–Crippen MR) is 211 cm³/mol. The molecule has 0 unspecified atom stereocenters. The van der Waals surface area contributed by atoms with Crippen molar-refractivity contribution in [3.05, 3.63) is 144 Å². The smallest absolute Gasteiger partial charge is 0.140 e. The van der Waals surface area contributed by atoms with Crippen molar-refractivity contribution in [1.82, 2.24) is 9.97 Å². The molecule has 0 aliphatic heterocycles. The Labute approximate surface area is 302 Å². The van der Waals surface area contributed by atoms with Gasteiger partial charge in [-0.2, -0.15) is 0 Å². The number of phenolic OH excluding ortho intramolecular Hbond substituents is 1. The van der Waals surface area contributed by atoms with Crippen LogP contribution in [0.15, 0.2) is 121 Å². The molecule has 5 heteroatoms. The fourth-order valence-corrected chi connectivity index (χ4v) is 6.16. The first-order valence-corrected chi connectivity index (χ1v) is 17.6. The topological polar surface area (TPSA) is 49.3 Å². The monoisotopic (exact) mass is 677 g/mol. The zero-order chi connectivity index (χ0) is 36.7. The third-order valence-corrected chi connectivity index (χ3v) is 9.29. The Morgan fingerprint density at radius 3 is 1.69 bits per heavy atom. The molecule has 0 radical (unpaired) electrons. The largest absolute Gasteiger partial charge is 0.507 e. The molecule has 4 nitrogen and oxygen atoms in total. The molecule has 0 spiro atoms. The van der Waals surface area contributed by atoms with Gasteiger partial charge in [0.2, 0.25) is 0 Å². The second kappa shape index (κ2) is 13.4. The highest BCUT2D eigenvalue weighted by Crippen LogP contribution is 2.42. The minimum Gasteiger partial charge on any atom is -0.507 e. The second-order valence-corrected chi connectivity index (χ2v) is 16.5. The van der Waals surface area contributed by atoms with Crippen LogP contribution in [0.1, 0.15) is 79.0 Å². The first kappa shape index (κ1) is 35.5. The molecule has 6 aromatic rings. The van der Waals surface area contributed by atoms with E-state index in [1.807, 2.05) is 53.4 Å². The van der Waals surface area contributed by atoms with E-state index in [1.165, 1.54) is 29.5 Å². The number of hydrogen-bond acceptors (Lipinski definition) is 4. The summed E-state index contributed by atoms with van der Waals surface area (Å²) in [6.07, 6.45) is 1.50. The molecule has 2 aromatic heterocycles. The molecule has 0 saturated carbocycles. The summed E-state index contributed by atoms with van der Waals surface area (Å²) in [5.41, 5.74) is 10.0. The zero-order valence-electron chi connectivity index (χ0n) is 31.2. The molecule has 0 aliphatic carbocycles. The lowest BCUT2D eigenvalue weighted by atomic mass is 9.79. The van der Waals surface area contributed by atoms with Crippen LogP contribution in [0.3, 0.4) is 0 Å². The number of rotatable bonds is 6. The lowest BCUT2D eigenvalue weighted by molar-refractivity contribution is 0.477. The van der Waals surface area contributed by atoms with Gasteiger partial charge in [-0.05, 0) is 105 Å². The normalized spacial score (nSPS) is 12.2. The van der Waals surface area contributed by atoms with Crippen LogP contribution in [0.4, 0.5) is 21.6 Å². The quantitative estimate of drug-likeness (QED) is 0.191. The number of benzene rings is 4. The maximum atomic E-state index is 14.7. The Kier molecular flexibility index (Phi) is 9.37. The number of phenols is 1. The second-order valence-electron chi connectivity index (χ2n) is 16.5. The van der Waals surface area contributed by atoms with E-state index in [9.17, 15) is 9.50 Å². The minimum absolute atomic E-state index is 0.0613. The van der Waals surface area contributed by atoms with Crippen molar-refractivity contribution in [3.8, 4) is 39.4 Å². The predicted octanol–water partition coefficient (Wildman–Crippen LogP) is 12.7. The minimum atomic E-state index is -0.359. The average Bonchev–Trinajstić information content (AvgIpc) is 3.07. The van der Waals surface area contributed by atoms with E-state index >= 15 is 0 Å². The maximum absolute atomic E-state index is 14.7. The summed E-state index contributed by atoms with van der Waals surface area (Å²) in [4.78, 5) is 11.8. The van der Waals surface area contributed by atoms with E-state index in [-0.39, 0.29) is 27.8 Å². The Morgan fingerprint density at radius 2 is 1.08 bits per heavy atom. The summed E-state index contributed by atoms with van der Waals surface area (Å²) >= 11 is 0. The van der Waals surface area contributed by atoms with Crippen molar-refractivity contribution in [1.29, 1.82) is 0 Å². The molecule has 0 aliphatic rings. The van der Waals surface area contributed by atoms with Gasteiger partial charge >= 0.3 is 0 Å². The van der Waals surface area contributed by atoms with Crippen LogP contribution in [0, 0.1) is 5.82 Å². The van der Waals surface area contributed by atoms with Gasteiger partial charge in [-0.15, -0.1) is 0 Å². The molecule has 260 valence electrons. The highest BCUT2D eigenvalue weighted by atomic mass is 19.1. The molecular formula is C46H48FN3O. The standard InChI is InChI=1S/C46H48FN3O/c1-44(2,3)33-21-30(22-34(27-33)45(4,5)6)31-25-40(49-41(26-31)39-17-13-14-18-42(39)51)32-23-35(46(7,8)9)28-38(24-32)50(37-15-11-10-12-16-37)43-29-36(47)19-20-48-43/h10-29,51H,1-9H3. The van der Waals surface area contributed by atoms with Crippen LogP contribution < -0.4 is 4.90 Å². The van der Waals surface area contributed by atoms with Crippen molar-refractivity contribution < 1.29 is 9.50 Å². The fourth-order valence-electron chi connectivity index (χ4n) is 6.16. The van der Waals surface area contributed by atoms with Gasteiger partial charge in [0.05, 0.1) is 11.4 Å². The highest BCUT2D eigenvalue weighted by Gasteiger charge is 2.24. The summed E-state index contributed by atoms with van der Waals surface area (Å²) in [6, 6.07) is 37.6. The Bertz CT molecular complexity index is 2150. The molecule has 6 rings (SSSR count). The van der Waals surface area contributed by atoms with E-state index in [4.69, 9.17) is 4.98 Å². The number of para-hydroxylation sites is 2. The highest BCUT2D eigenvalue weighted by molar-refractivity contribution is 5.83. The Balaban J connectivity index is 1.65. The van der Waals surface area contributed by atoms with Crippen molar-refractivity contribution >= 4 is 17.2 Å². The SMILES string of the molecule is CC(C)(C)c1cc(-c2cc(-c3cc(C(C)(C)C)cc(C(C)(C)C)c3)cc(-c3ccccc3O)n2)cc(N(c2ccccc2)c2cc(F)ccn2)c1. The molecule has 51 heavy (non-hydrogen) atoms. The van der Waals surface area contributed by atoms with Crippen LogP contribution in [-0.4, -0.2) is 15.1 Å². The van der Waals surface area contributed by atoms with E-state index in [0.29, 0.717) is 17.1 Å². The third kappa shape index (κ3) is 7.88. The van der Waals surface area contributed by atoms with Gasteiger partial charge in [-0.25, -0.2) is 14.4 Å². The van der Waals surface area contributed by atoms with Crippen molar-refractivity contribution in [2.45, 2.75) is 78.6 Å². The Morgan fingerprint density at radius 1 is 0.529 bits per heavy atom. The zero-order valence-corrected chi connectivity index (χ0v) is 31.2. The van der Waals surface area contributed by atoms with Gasteiger partial charge in [-0.1, -0.05) is 111 Å². The molecule has 0 atom stereocenters. The molecule has 0 amide bonds. The van der Waals surface area contributed by atoms with Crippen LogP contribution in [0.2, 0.25) is 0 Å². The van der Waals surface area contributed by atoms with Gasteiger partial charge in [0.1, 0.15) is 17.4 Å². The van der Waals surface area contributed by atoms with E-state index in [2.05, 4.69) is 116 Å². The fraction of sp³-hybridized carbons (Fsp3) is 0.261. The van der Waals surface area contributed by atoms with Gasteiger partial charge in [0.25, 0.3) is 0 Å². The Hall–Kier alpha value is -5.29. The maximum Gasteiger partial charge on any atom is 0.140 e. The molecule has 1 N–H and O–H groups in total. The molecule has 0 fully saturated rings. The van der Waals surface area contributed by atoms with Gasteiger partial charge in [0, 0.05) is 34.8 Å². The summed E-state index contributed by atoms with van der Waals surface area (Å²) in [6.45, 7) is 20.0. The van der Waals surface area contributed by atoms with Crippen LogP contribution in [-0.2, 0) is 16.2 Å². The summed E-state index contributed by atoms with van der Waals surface area (Å²) < 4.78 is 14.7. The van der Waals surface area contributed by atoms with Crippen LogP contribution >= 0.6 is 0 Å². The van der Waals surface area contributed by atoms with E-state index < -0.39 is 0 Å². The lowest BCUT2D eigenvalue weighted by Crippen LogP contribution is -2.16. The number of aromatic nitrogens is 2. The average molecular weight is 678 g/mol. The first-order valence-electron chi connectivity index (χ1n) is 17.6. The van der Waals surface area contributed by atoms with Crippen LogP contribution in [0.5, 0.6) is 5.75 Å². The summed E-state index contributed by atoms with van der Waals surface area (Å²) in [7, 11) is 0. The van der Waals surface area contributed by atoms with Gasteiger partial charge in [-0.3, -0.25) is 4.90 Å². The first-order chi connectivity index (χ1) is 24.0. The number of hydrogen-bond donors (Lipinski definition) is 1. The summed E-state index contributed by atoms with van der Waals surface area (Å²) in [5.74, 6) is 0.286. The van der Waals surface area contributed by atoms with Crippen molar-refractivity contribution in [2.24, 2.45) is 0 Å². The van der Waals surface area contributed by atoms with Crippen molar-refractivity contribution in [2.75, 3.05) is 4.90 Å². The number of pyridine rings is 2. The molecular weight excluding hydrogens is 630 g/mol. The number of anilines is 3. The third-order valence-electron chi connectivity index (χ3n) is 9.29. The van der Waals surface area contributed by atoms with Gasteiger partial charge in [0.15, 0.2) is 0 Å². The number of aromatic hydroxyl groups is 1. The summed E-state index contributed by atoms with van der Waals surface area (Å²) in [5, 5.41) is 11.0. The van der Waals surface area contributed by atoms with Crippen LogP contribution in [0.25, 0.3) is 33.6 Å². The molecule has 2 heterocycles. The van der Waals surface area contributed by atoms with Gasteiger partial charge < -0.3 is 5.11 Å². The number of nitrogens with zero attached hydrogens (tertiary/aromatic N) is 3. The lowest BCUT2D eigenvalue weighted by Gasteiger charge is -2.28. The molecule has 0 bridgehead atoms. The van der Waals surface area contributed by atoms with E-state index in [0.717, 1.165) is 39.3 Å². The number of halogens is 1. The van der Waals surface area contributed by atoms with E-state index in [1.54, 1.807) is 6.07 Å². The van der Waals surface area contributed by atoms with Crippen molar-refractivity contribution in [3.63, 3.8) is 0 Å².